The van der Waals surface area contributed by atoms with Crippen molar-refractivity contribution in [1.29, 1.82) is 0 Å². The molecule has 0 bridgehead atoms. The highest BCUT2D eigenvalue weighted by molar-refractivity contribution is 5.49. The molecule has 0 saturated heterocycles. The second-order valence-electron chi connectivity index (χ2n) is 5.19. The molecule has 0 unspecified atom stereocenters. The minimum Gasteiger partial charge on any atom is -0.397 e. The van der Waals surface area contributed by atoms with Crippen molar-refractivity contribution >= 4 is 11.5 Å². The summed E-state index contributed by atoms with van der Waals surface area (Å²) in [6.07, 6.45) is 1.95. The predicted octanol–water partition coefficient (Wildman–Crippen LogP) is 2.69. The van der Waals surface area contributed by atoms with Crippen molar-refractivity contribution in [1.82, 2.24) is 9.97 Å². The molecule has 18 heavy (non-hydrogen) atoms. The maximum Gasteiger partial charge on any atom is 0.126 e. The van der Waals surface area contributed by atoms with E-state index in [1.165, 1.54) is 5.69 Å². The fraction of sp³-hybridized carbons (Fsp3) is 0.357. The molecule has 0 aliphatic heterocycles. The molecule has 4 nitrogen and oxygen atoms in total. The monoisotopic (exact) mass is 244 g/mol. The fourth-order valence-electron chi connectivity index (χ4n) is 1.83. The van der Waals surface area contributed by atoms with E-state index in [0.717, 1.165) is 23.7 Å². The summed E-state index contributed by atoms with van der Waals surface area (Å²) in [5.74, 6) is 0.862. The number of nitrogens with zero attached hydrogens (tertiary/aromatic N) is 1. The first-order valence-corrected chi connectivity index (χ1v) is 6.10. The van der Waals surface area contributed by atoms with Gasteiger partial charge in [0.15, 0.2) is 0 Å². The molecule has 0 fully saturated rings. The zero-order valence-corrected chi connectivity index (χ0v) is 11.1. The van der Waals surface area contributed by atoms with Gasteiger partial charge >= 0.3 is 0 Å². The molecule has 4 N–H and O–H groups in total. The van der Waals surface area contributed by atoms with Gasteiger partial charge in [-0.1, -0.05) is 13.8 Å². The molecule has 0 amide bonds. The van der Waals surface area contributed by atoms with Crippen molar-refractivity contribution < 1.29 is 0 Å². The molecule has 0 aromatic carbocycles. The van der Waals surface area contributed by atoms with E-state index < -0.39 is 0 Å². The van der Waals surface area contributed by atoms with Gasteiger partial charge in [0.25, 0.3) is 0 Å². The Labute approximate surface area is 108 Å². The average molecular weight is 244 g/mol. The maximum atomic E-state index is 5.75. The normalized spacial score (nSPS) is 11.5. The van der Waals surface area contributed by atoms with Gasteiger partial charge in [-0.2, -0.15) is 0 Å². The molecule has 2 aromatic rings. The van der Waals surface area contributed by atoms with Gasteiger partial charge < -0.3 is 16.0 Å². The van der Waals surface area contributed by atoms with E-state index in [1.54, 1.807) is 0 Å². The number of aryl methyl sites for hydroxylation is 1. The smallest absolute Gasteiger partial charge is 0.126 e. The number of pyridine rings is 1. The Morgan fingerprint density at radius 2 is 2.11 bits per heavy atom. The van der Waals surface area contributed by atoms with Crippen LogP contribution in [-0.2, 0) is 5.41 Å². The van der Waals surface area contributed by atoms with E-state index in [-0.39, 0.29) is 5.41 Å². The molecule has 0 saturated carbocycles. The molecule has 0 aliphatic carbocycles. The number of rotatable bonds is 4. The van der Waals surface area contributed by atoms with Crippen LogP contribution >= 0.6 is 0 Å². The van der Waals surface area contributed by atoms with Crippen molar-refractivity contribution in [3.05, 3.63) is 41.9 Å². The number of anilines is 2. The van der Waals surface area contributed by atoms with Crippen LogP contribution in [0.3, 0.4) is 0 Å². The summed E-state index contributed by atoms with van der Waals surface area (Å²) < 4.78 is 0. The lowest BCUT2D eigenvalue weighted by Crippen LogP contribution is -2.28. The van der Waals surface area contributed by atoms with E-state index in [2.05, 4.69) is 35.2 Å². The lowest BCUT2D eigenvalue weighted by Gasteiger charge is -2.24. The molecule has 0 spiro atoms. The Morgan fingerprint density at radius 3 is 2.72 bits per heavy atom. The average Bonchev–Trinajstić information content (AvgIpc) is 2.85. The summed E-state index contributed by atoms with van der Waals surface area (Å²) in [6, 6.07) is 7.91. The molecular formula is C14H20N4. The van der Waals surface area contributed by atoms with Crippen LogP contribution in [-0.4, -0.2) is 16.5 Å². The maximum absolute atomic E-state index is 5.75. The minimum absolute atomic E-state index is 0.0282. The first-order chi connectivity index (χ1) is 8.49. The first kappa shape index (κ1) is 12.5. The van der Waals surface area contributed by atoms with Crippen LogP contribution in [0, 0.1) is 6.92 Å². The minimum atomic E-state index is 0.0282. The third kappa shape index (κ3) is 2.64. The third-order valence-corrected chi connectivity index (χ3v) is 3.17. The number of aromatic nitrogens is 2. The molecular weight excluding hydrogens is 224 g/mol. The summed E-state index contributed by atoms with van der Waals surface area (Å²) in [4.78, 5) is 7.66. The number of nitrogen functional groups attached to an aromatic ring is 1. The van der Waals surface area contributed by atoms with Crippen LogP contribution in [0.2, 0.25) is 0 Å². The topological polar surface area (TPSA) is 66.7 Å². The summed E-state index contributed by atoms with van der Waals surface area (Å²) >= 11 is 0. The van der Waals surface area contributed by atoms with Crippen LogP contribution in [0.25, 0.3) is 0 Å². The largest absolute Gasteiger partial charge is 0.397 e. The molecule has 0 atom stereocenters. The second kappa shape index (κ2) is 4.72. The molecule has 0 radical (unpaired) electrons. The summed E-state index contributed by atoms with van der Waals surface area (Å²) in [5, 5.41) is 3.35. The highest BCUT2D eigenvalue weighted by atomic mass is 15.0. The summed E-state index contributed by atoms with van der Waals surface area (Å²) in [6.45, 7) is 7.10. The molecule has 4 heteroatoms. The van der Waals surface area contributed by atoms with Crippen molar-refractivity contribution in [2.75, 3.05) is 17.6 Å². The van der Waals surface area contributed by atoms with Gasteiger partial charge in [-0.25, -0.2) is 4.98 Å². The van der Waals surface area contributed by atoms with Crippen molar-refractivity contribution in [3.63, 3.8) is 0 Å². The highest BCUT2D eigenvalue weighted by Crippen LogP contribution is 2.22. The van der Waals surface area contributed by atoms with E-state index in [0.29, 0.717) is 0 Å². The molecule has 2 rings (SSSR count). The summed E-state index contributed by atoms with van der Waals surface area (Å²) in [5.41, 5.74) is 8.58. The van der Waals surface area contributed by atoms with Crippen molar-refractivity contribution in [3.8, 4) is 0 Å². The molecule has 96 valence electrons. The van der Waals surface area contributed by atoms with E-state index >= 15 is 0 Å². The fourth-order valence-corrected chi connectivity index (χ4v) is 1.83. The lowest BCUT2D eigenvalue weighted by molar-refractivity contribution is 0.541. The molecule has 2 aromatic heterocycles. The zero-order chi connectivity index (χ0) is 13.2. The standard InChI is InChI=1S/C14H20N4/c1-10-11(15)6-7-13(18-10)17-9-14(2,3)12-5-4-8-16-12/h4-8,16H,9,15H2,1-3H3,(H,17,18). The highest BCUT2D eigenvalue weighted by Gasteiger charge is 2.21. The Kier molecular flexibility index (Phi) is 3.28. The number of aromatic amines is 1. The van der Waals surface area contributed by atoms with Gasteiger partial charge in [0, 0.05) is 23.9 Å². The SMILES string of the molecule is Cc1nc(NCC(C)(C)c2ccc[nH]2)ccc1N. The van der Waals surface area contributed by atoms with Crippen LogP contribution < -0.4 is 11.1 Å². The quantitative estimate of drug-likeness (QED) is 0.774. The number of hydrogen-bond donors (Lipinski definition) is 3. The second-order valence-corrected chi connectivity index (χ2v) is 5.19. The van der Waals surface area contributed by atoms with Crippen LogP contribution in [0.1, 0.15) is 25.2 Å². The van der Waals surface area contributed by atoms with E-state index in [1.807, 2.05) is 31.3 Å². The zero-order valence-electron chi connectivity index (χ0n) is 11.1. The Hall–Kier alpha value is -1.97. The van der Waals surface area contributed by atoms with Gasteiger partial charge in [0.2, 0.25) is 0 Å². The van der Waals surface area contributed by atoms with Crippen LogP contribution in [0.5, 0.6) is 0 Å². The predicted molar refractivity (Wildman–Crippen MR) is 75.7 cm³/mol. The van der Waals surface area contributed by atoms with E-state index in [4.69, 9.17) is 5.73 Å². The lowest BCUT2D eigenvalue weighted by atomic mass is 9.89. The Morgan fingerprint density at radius 1 is 1.33 bits per heavy atom. The Balaban J connectivity index is 2.05. The van der Waals surface area contributed by atoms with E-state index in [9.17, 15) is 0 Å². The molecule has 0 aliphatic rings. The third-order valence-electron chi connectivity index (χ3n) is 3.17. The number of nitrogens with one attached hydrogen (secondary N) is 2. The van der Waals surface area contributed by atoms with Gasteiger partial charge in [-0.3, -0.25) is 0 Å². The Bertz CT molecular complexity index is 515. The summed E-state index contributed by atoms with van der Waals surface area (Å²) in [7, 11) is 0. The number of nitrogens with two attached hydrogens (primary N) is 1. The number of H-pyrrole nitrogens is 1. The van der Waals surface area contributed by atoms with Gasteiger partial charge in [0.05, 0.1) is 11.4 Å². The van der Waals surface area contributed by atoms with Gasteiger partial charge in [-0.15, -0.1) is 0 Å². The molecule has 2 heterocycles. The van der Waals surface area contributed by atoms with Crippen LogP contribution in [0.15, 0.2) is 30.5 Å². The van der Waals surface area contributed by atoms with Crippen LogP contribution in [0.4, 0.5) is 11.5 Å². The van der Waals surface area contributed by atoms with Gasteiger partial charge in [0.1, 0.15) is 5.82 Å². The van der Waals surface area contributed by atoms with Gasteiger partial charge in [-0.05, 0) is 31.2 Å². The number of hydrogen-bond acceptors (Lipinski definition) is 3. The first-order valence-electron chi connectivity index (χ1n) is 6.10. The van der Waals surface area contributed by atoms with Crippen molar-refractivity contribution in [2.45, 2.75) is 26.2 Å². The van der Waals surface area contributed by atoms with Crippen molar-refractivity contribution in [2.24, 2.45) is 0 Å².